The highest BCUT2D eigenvalue weighted by atomic mass is 35.5. The molecule has 1 heterocycles. The van der Waals surface area contributed by atoms with Gasteiger partial charge in [0.1, 0.15) is 0 Å². The first-order chi connectivity index (χ1) is 17.7. The summed E-state index contributed by atoms with van der Waals surface area (Å²) in [6.45, 7) is -0.0739. The number of anilines is 1. The summed E-state index contributed by atoms with van der Waals surface area (Å²) in [6.07, 6.45) is 4.73. The molecule has 0 fully saturated rings. The molecule has 12 heteroatoms. The zero-order chi connectivity index (χ0) is 27.1. The number of aromatic nitrogens is 1. The van der Waals surface area contributed by atoms with Crippen LogP contribution in [0, 0.1) is 0 Å². The number of nitrogens with zero attached hydrogens (tertiary/aromatic N) is 2. The number of ether oxygens (including phenoxy) is 2. The van der Waals surface area contributed by atoms with E-state index in [0.717, 1.165) is 11.8 Å². The molecule has 0 spiro atoms. The fourth-order valence-electron chi connectivity index (χ4n) is 3.82. The van der Waals surface area contributed by atoms with Gasteiger partial charge in [-0.2, -0.15) is 0 Å². The average Bonchev–Trinajstić information content (AvgIpc) is 2.90. The van der Waals surface area contributed by atoms with Gasteiger partial charge in [0, 0.05) is 28.4 Å². The Bertz CT molecular complexity index is 1270. The molecule has 0 aliphatic heterocycles. The molecule has 1 aromatic heterocycles. The monoisotopic (exact) mass is 566 g/mol. The van der Waals surface area contributed by atoms with Gasteiger partial charge >= 0.3 is 17.9 Å². The van der Waals surface area contributed by atoms with Crippen LogP contribution in [-0.2, 0) is 30.4 Å². The van der Waals surface area contributed by atoms with Crippen molar-refractivity contribution in [3.8, 4) is 0 Å². The molecule has 196 valence electrons. The molecule has 9 nitrogen and oxygen atoms in total. The van der Waals surface area contributed by atoms with Crippen molar-refractivity contribution in [2.24, 2.45) is 0 Å². The Kier molecular flexibility index (Phi) is 9.96. The van der Waals surface area contributed by atoms with Crippen LogP contribution in [0.25, 0.3) is 0 Å². The number of hydrogen-bond acceptors (Lipinski definition) is 8. The van der Waals surface area contributed by atoms with Crippen molar-refractivity contribution in [2.45, 2.75) is 37.1 Å². The molecule has 0 atom stereocenters. The summed E-state index contributed by atoms with van der Waals surface area (Å²) in [4.78, 5) is 55.3. The van der Waals surface area contributed by atoms with Gasteiger partial charge in [0.15, 0.2) is 0 Å². The zero-order valence-electron chi connectivity index (χ0n) is 20.1. The quantitative estimate of drug-likeness (QED) is 0.332. The zero-order valence-corrected chi connectivity index (χ0v) is 22.4. The number of carboxylic acid groups (broad SMARTS) is 1. The molecular weight excluding hydrogens is 543 g/mol. The largest absolute Gasteiger partial charge is 0.478 e. The molecule has 0 saturated carbocycles. The summed E-state index contributed by atoms with van der Waals surface area (Å²) >= 11 is 14.0. The van der Waals surface area contributed by atoms with E-state index in [0.29, 0.717) is 29.7 Å². The van der Waals surface area contributed by atoms with Crippen LogP contribution in [0.3, 0.4) is 0 Å². The van der Waals surface area contributed by atoms with Crippen LogP contribution in [-0.4, -0.2) is 53.9 Å². The molecule has 37 heavy (non-hydrogen) atoms. The summed E-state index contributed by atoms with van der Waals surface area (Å²) in [5.41, 5.74) is 1.18. The van der Waals surface area contributed by atoms with E-state index in [1.165, 1.54) is 43.6 Å². The number of carbonyl (C=O) groups excluding carboxylic acids is 3. The van der Waals surface area contributed by atoms with Crippen LogP contribution < -0.4 is 4.90 Å². The number of amides is 1. The first-order valence-electron chi connectivity index (χ1n) is 11.1. The number of rotatable bonds is 9. The third-order valence-electron chi connectivity index (χ3n) is 5.65. The predicted molar refractivity (Wildman–Crippen MR) is 139 cm³/mol. The number of aliphatic carboxylic acids is 1. The van der Waals surface area contributed by atoms with Gasteiger partial charge in [0.2, 0.25) is 0 Å². The summed E-state index contributed by atoms with van der Waals surface area (Å²) < 4.78 is 9.44. The number of carboxylic acids is 1. The second kappa shape index (κ2) is 12.9. The van der Waals surface area contributed by atoms with Crippen molar-refractivity contribution in [1.82, 2.24) is 4.98 Å². The molecule has 1 aliphatic carbocycles. The first-order valence-corrected chi connectivity index (χ1v) is 12.9. The normalized spacial score (nSPS) is 13.2. The maximum Gasteiger partial charge on any atom is 0.339 e. The number of esters is 2. The maximum absolute atomic E-state index is 13.9. The Morgan fingerprint density at radius 3 is 2.35 bits per heavy atom. The van der Waals surface area contributed by atoms with Crippen LogP contribution in [0.15, 0.2) is 46.6 Å². The van der Waals surface area contributed by atoms with Crippen molar-refractivity contribution < 1.29 is 33.8 Å². The van der Waals surface area contributed by atoms with Crippen LogP contribution in [0.4, 0.5) is 5.69 Å². The molecule has 0 bridgehead atoms. The summed E-state index contributed by atoms with van der Waals surface area (Å²) in [7, 11) is 2.52. The molecule has 1 N–H and O–H groups in total. The van der Waals surface area contributed by atoms with Gasteiger partial charge in [-0.3, -0.25) is 14.6 Å². The van der Waals surface area contributed by atoms with Gasteiger partial charge in [-0.05, 0) is 49.4 Å². The molecule has 0 unspecified atom stereocenters. The number of carbonyl (C=O) groups is 4. The topological polar surface area (TPSA) is 123 Å². The Hall–Kier alpha value is -3.08. The minimum absolute atomic E-state index is 0.0232. The molecule has 3 rings (SSSR count). The van der Waals surface area contributed by atoms with Crippen molar-refractivity contribution in [1.29, 1.82) is 0 Å². The highest BCUT2D eigenvalue weighted by molar-refractivity contribution is 8.00. The standard InChI is InChI=1S/C25H24Cl2N2O7S/c1-35-22(30)13-37-21-9-20(18(26)8-19(21)27)29(12-14-7-15(11-28-10-14)25(34)36-2)23(31)16-5-3-4-6-17(16)24(32)33/h7-11H,3-6,12-13H2,1-2H3,(H,32,33). The van der Waals surface area contributed by atoms with Crippen molar-refractivity contribution in [2.75, 3.05) is 24.9 Å². The molecule has 1 aromatic carbocycles. The summed E-state index contributed by atoms with van der Waals surface area (Å²) in [6, 6.07) is 4.55. The fourth-order valence-corrected chi connectivity index (χ4v) is 5.26. The van der Waals surface area contributed by atoms with Crippen molar-refractivity contribution in [3.05, 3.63) is 62.9 Å². The first kappa shape index (κ1) is 28.5. The second-order valence-corrected chi connectivity index (χ2v) is 9.86. The van der Waals surface area contributed by atoms with Gasteiger partial charge < -0.3 is 19.5 Å². The SMILES string of the molecule is COC(=O)CSc1cc(N(Cc2cncc(C(=O)OC)c2)C(=O)C2=C(C(=O)O)CCCC2)c(Cl)cc1Cl. The maximum atomic E-state index is 13.9. The van der Waals surface area contributed by atoms with E-state index in [4.69, 9.17) is 27.9 Å². The van der Waals surface area contributed by atoms with Gasteiger partial charge in [0.05, 0.1) is 47.8 Å². The Labute approximate surface area is 227 Å². The van der Waals surface area contributed by atoms with E-state index in [9.17, 15) is 24.3 Å². The molecule has 1 amide bonds. The highest BCUT2D eigenvalue weighted by Gasteiger charge is 2.30. The van der Waals surface area contributed by atoms with Crippen molar-refractivity contribution in [3.63, 3.8) is 0 Å². The predicted octanol–water partition coefficient (Wildman–Crippen LogP) is 4.93. The summed E-state index contributed by atoms with van der Waals surface area (Å²) in [5.74, 6) is -2.76. The van der Waals surface area contributed by atoms with Crippen LogP contribution in [0.5, 0.6) is 0 Å². The number of pyridine rings is 1. The van der Waals surface area contributed by atoms with E-state index in [1.54, 1.807) is 6.07 Å². The lowest BCUT2D eigenvalue weighted by Gasteiger charge is -2.28. The van der Waals surface area contributed by atoms with Gasteiger partial charge in [-0.15, -0.1) is 11.8 Å². The van der Waals surface area contributed by atoms with E-state index in [1.807, 2.05) is 0 Å². The van der Waals surface area contributed by atoms with E-state index in [2.05, 4.69) is 9.72 Å². The Morgan fingerprint density at radius 1 is 1.00 bits per heavy atom. The van der Waals surface area contributed by atoms with E-state index >= 15 is 0 Å². The number of halogens is 2. The number of methoxy groups -OCH3 is 2. The van der Waals surface area contributed by atoms with Crippen molar-refractivity contribution >= 4 is 64.5 Å². The van der Waals surface area contributed by atoms with Crippen LogP contribution >= 0.6 is 35.0 Å². The third-order valence-corrected chi connectivity index (χ3v) is 7.41. The van der Waals surface area contributed by atoms with Gasteiger partial charge in [-0.1, -0.05) is 23.2 Å². The third kappa shape index (κ3) is 7.03. The lowest BCUT2D eigenvalue weighted by Crippen LogP contribution is -2.34. The van der Waals surface area contributed by atoms with E-state index < -0.39 is 23.8 Å². The van der Waals surface area contributed by atoms with Gasteiger partial charge in [0.25, 0.3) is 5.91 Å². The minimum Gasteiger partial charge on any atom is -0.478 e. The molecular formula is C25H24Cl2N2O7S. The number of benzene rings is 1. The fraction of sp³-hybridized carbons (Fsp3) is 0.320. The van der Waals surface area contributed by atoms with Crippen LogP contribution in [0.2, 0.25) is 10.0 Å². The smallest absolute Gasteiger partial charge is 0.339 e. The minimum atomic E-state index is -1.14. The lowest BCUT2D eigenvalue weighted by atomic mass is 9.90. The molecule has 0 radical (unpaired) electrons. The highest BCUT2D eigenvalue weighted by Crippen LogP contribution is 2.39. The Morgan fingerprint density at radius 2 is 1.70 bits per heavy atom. The molecule has 1 aliphatic rings. The molecule has 2 aromatic rings. The number of hydrogen-bond donors (Lipinski definition) is 1. The van der Waals surface area contributed by atoms with E-state index in [-0.39, 0.29) is 51.2 Å². The number of thioether (sulfide) groups is 1. The average molecular weight is 567 g/mol. The van der Waals surface area contributed by atoms with Gasteiger partial charge in [-0.25, -0.2) is 9.59 Å². The Balaban J connectivity index is 2.11. The summed E-state index contributed by atoms with van der Waals surface area (Å²) in [5, 5.41) is 10.1. The molecule has 0 saturated heterocycles. The lowest BCUT2D eigenvalue weighted by molar-refractivity contribution is -0.137. The second-order valence-electron chi connectivity index (χ2n) is 8.03. The van der Waals surface area contributed by atoms with Crippen LogP contribution in [0.1, 0.15) is 41.6 Å².